The Morgan fingerprint density at radius 2 is 1.50 bits per heavy atom. The monoisotopic (exact) mass is 266 g/mol. The molecule has 0 aliphatic carbocycles. The summed E-state index contributed by atoms with van der Waals surface area (Å²) in [6.07, 6.45) is 0.870. The maximum atomic E-state index is 11.9. The average Bonchev–Trinajstić information content (AvgIpc) is 2.95. The van der Waals surface area contributed by atoms with Crippen molar-refractivity contribution in [2.45, 2.75) is 17.9 Å². The zero-order valence-electron chi connectivity index (χ0n) is 11.3. The topological polar surface area (TPSA) is 55.1 Å². The van der Waals surface area contributed by atoms with Crippen LogP contribution in [0.2, 0.25) is 0 Å². The van der Waals surface area contributed by atoms with E-state index in [2.05, 4.69) is 29.6 Å². The number of amides is 1. The Kier molecular flexibility index (Phi) is 3.28. The van der Waals surface area contributed by atoms with E-state index in [9.17, 15) is 4.79 Å². The fourth-order valence-electron chi connectivity index (χ4n) is 3.34. The third kappa shape index (κ3) is 1.91. The Labute approximate surface area is 118 Å². The van der Waals surface area contributed by atoms with Gasteiger partial charge in [-0.15, -0.1) is 0 Å². The summed E-state index contributed by atoms with van der Waals surface area (Å²) in [5, 5.41) is 3.27. The molecule has 102 valence electrons. The Morgan fingerprint density at radius 1 is 1.00 bits per heavy atom. The predicted octanol–water partition coefficient (Wildman–Crippen LogP) is 1.82. The molecule has 1 amide bonds. The first-order chi connectivity index (χ1) is 9.75. The van der Waals surface area contributed by atoms with Gasteiger partial charge < -0.3 is 11.1 Å². The lowest BCUT2D eigenvalue weighted by molar-refractivity contribution is -0.120. The van der Waals surface area contributed by atoms with Gasteiger partial charge in [0.15, 0.2) is 0 Å². The minimum absolute atomic E-state index is 0.296. The fraction of sp³-hybridized carbons (Fsp3) is 0.235. The van der Waals surface area contributed by atoms with E-state index in [1.165, 1.54) is 0 Å². The normalized spacial score (nSPS) is 20.7. The van der Waals surface area contributed by atoms with Crippen LogP contribution in [0.1, 0.15) is 17.5 Å². The molecule has 0 saturated carbocycles. The first-order valence-corrected chi connectivity index (χ1v) is 6.89. The fourth-order valence-corrected chi connectivity index (χ4v) is 3.34. The van der Waals surface area contributed by atoms with Crippen molar-refractivity contribution in [2.75, 3.05) is 6.54 Å². The summed E-state index contributed by atoms with van der Waals surface area (Å²) < 4.78 is 0. The number of nitrogens with two attached hydrogens (primary N) is 1. The van der Waals surface area contributed by atoms with Crippen LogP contribution < -0.4 is 11.1 Å². The van der Waals surface area contributed by atoms with E-state index in [0.29, 0.717) is 0 Å². The highest BCUT2D eigenvalue weighted by Crippen LogP contribution is 2.41. The molecule has 20 heavy (non-hydrogen) atoms. The highest BCUT2D eigenvalue weighted by atomic mass is 16.1. The van der Waals surface area contributed by atoms with Crippen molar-refractivity contribution < 1.29 is 4.79 Å². The molecule has 3 rings (SSSR count). The van der Waals surface area contributed by atoms with Gasteiger partial charge in [0.05, 0.1) is 0 Å². The van der Waals surface area contributed by atoms with Crippen molar-refractivity contribution in [1.82, 2.24) is 5.32 Å². The van der Waals surface area contributed by atoms with E-state index >= 15 is 0 Å². The Morgan fingerprint density at radius 3 is 1.95 bits per heavy atom. The van der Waals surface area contributed by atoms with E-state index in [4.69, 9.17) is 5.73 Å². The smallest absolute Gasteiger partial charge is 0.235 e. The van der Waals surface area contributed by atoms with Gasteiger partial charge in [-0.2, -0.15) is 0 Å². The largest absolute Gasteiger partial charge is 0.368 e. The highest BCUT2D eigenvalue weighted by molar-refractivity contribution is 5.84. The van der Waals surface area contributed by atoms with Crippen molar-refractivity contribution in [3.8, 4) is 0 Å². The van der Waals surface area contributed by atoms with Gasteiger partial charge in [0, 0.05) is 5.41 Å². The van der Waals surface area contributed by atoms with Crippen LogP contribution >= 0.6 is 0 Å². The van der Waals surface area contributed by atoms with Crippen molar-refractivity contribution >= 4 is 5.91 Å². The van der Waals surface area contributed by atoms with Gasteiger partial charge in [0.1, 0.15) is 6.04 Å². The standard InChI is InChI=1S/C17H18N2O/c18-16(20)15-17(11-12-19-15,13-7-3-1-4-8-13)14-9-5-2-6-10-14/h1-10,15,19H,11-12H2,(H2,18,20)/t15-/m1/s1. The summed E-state index contributed by atoms with van der Waals surface area (Å²) in [6.45, 7) is 0.789. The molecule has 1 saturated heterocycles. The zero-order chi connectivity index (χ0) is 14.0. The SMILES string of the molecule is NC(=O)[C@H]1NCCC1(c1ccccc1)c1ccccc1. The molecule has 3 N–H and O–H groups in total. The lowest BCUT2D eigenvalue weighted by Gasteiger charge is -2.34. The highest BCUT2D eigenvalue weighted by Gasteiger charge is 2.48. The third-order valence-corrected chi connectivity index (χ3v) is 4.22. The summed E-state index contributed by atoms with van der Waals surface area (Å²) in [6, 6.07) is 20.0. The van der Waals surface area contributed by atoms with Crippen LogP contribution in [0.3, 0.4) is 0 Å². The van der Waals surface area contributed by atoms with Crippen LogP contribution in [0.25, 0.3) is 0 Å². The van der Waals surface area contributed by atoms with E-state index < -0.39 is 0 Å². The number of carbonyl (C=O) groups is 1. The second-order valence-electron chi connectivity index (χ2n) is 5.24. The molecular formula is C17H18N2O. The summed E-state index contributed by atoms with van der Waals surface area (Å²) in [4.78, 5) is 11.9. The minimum Gasteiger partial charge on any atom is -0.368 e. The molecule has 0 bridgehead atoms. The van der Waals surface area contributed by atoms with Gasteiger partial charge in [0.25, 0.3) is 0 Å². The molecule has 1 aliphatic heterocycles. The molecule has 1 atom stereocenters. The van der Waals surface area contributed by atoms with Gasteiger partial charge in [-0.05, 0) is 24.1 Å². The number of hydrogen-bond acceptors (Lipinski definition) is 2. The first kappa shape index (κ1) is 12.9. The van der Waals surface area contributed by atoms with Crippen LogP contribution in [-0.4, -0.2) is 18.5 Å². The predicted molar refractivity (Wildman–Crippen MR) is 79.3 cm³/mol. The molecule has 0 radical (unpaired) electrons. The first-order valence-electron chi connectivity index (χ1n) is 6.89. The maximum absolute atomic E-state index is 11.9. The van der Waals surface area contributed by atoms with Crippen molar-refractivity contribution in [2.24, 2.45) is 5.73 Å². The molecule has 0 spiro atoms. The number of benzene rings is 2. The number of primary amides is 1. The second kappa shape index (κ2) is 5.10. The van der Waals surface area contributed by atoms with E-state index in [0.717, 1.165) is 24.1 Å². The van der Waals surface area contributed by atoms with Crippen molar-refractivity contribution in [3.05, 3.63) is 71.8 Å². The summed E-state index contributed by atoms with van der Waals surface area (Å²) in [5.74, 6) is -0.296. The molecule has 1 fully saturated rings. The molecule has 1 aliphatic rings. The molecule has 1 heterocycles. The van der Waals surface area contributed by atoms with Gasteiger partial charge in [0.2, 0.25) is 5.91 Å². The average molecular weight is 266 g/mol. The van der Waals surface area contributed by atoms with Gasteiger partial charge >= 0.3 is 0 Å². The molecule has 3 nitrogen and oxygen atoms in total. The van der Waals surface area contributed by atoms with E-state index in [-0.39, 0.29) is 17.4 Å². The lowest BCUT2D eigenvalue weighted by Crippen LogP contribution is -2.50. The quantitative estimate of drug-likeness (QED) is 0.890. The minimum atomic E-state index is -0.368. The van der Waals surface area contributed by atoms with Gasteiger partial charge in [-0.3, -0.25) is 4.79 Å². The van der Waals surface area contributed by atoms with E-state index in [1.807, 2.05) is 36.4 Å². The molecular weight excluding hydrogens is 248 g/mol. The maximum Gasteiger partial charge on any atom is 0.235 e. The van der Waals surface area contributed by atoms with Gasteiger partial charge in [-0.25, -0.2) is 0 Å². The van der Waals surface area contributed by atoms with Crippen LogP contribution in [-0.2, 0) is 10.2 Å². The van der Waals surface area contributed by atoms with Crippen molar-refractivity contribution in [1.29, 1.82) is 0 Å². The van der Waals surface area contributed by atoms with Crippen LogP contribution in [0.4, 0.5) is 0 Å². The van der Waals surface area contributed by atoms with Crippen molar-refractivity contribution in [3.63, 3.8) is 0 Å². The summed E-state index contributed by atoms with van der Waals surface area (Å²) in [5.41, 5.74) is 7.56. The third-order valence-electron chi connectivity index (χ3n) is 4.22. The van der Waals surface area contributed by atoms with E-state index in [1.54, 1.807) is 0 Å². The van der Waals surface area contributed by atoms with Crippen LogP contribution in [0.15, 0.2) is 60.7 Å². The number of nitrogens with one attached hydrogen (secondary N) is 1. The summed E-state index contributed by atoms with van der Waals surface area (Å²) >= 11 is 0. The second-order valence-corrected chi connectivity index (χ2v) is 5.24. The number of hydrogen-bond donors (Lipinski definition) is 2. The molecule has 0 unspecified atom stereocenters. The Balaban J connectivity index is 2.21. The Hall–Kier alpha value is -2.13. The zero-order valence-corrected chi connectivity index (χ0v) is 11.3. The molecule has 2 aromatic rings. The van der Waals surface area contributed by atoms with Crippen LogP contribution in [0.5, 0.6) is 0 Å². The number of carbonyl (C=O) groups excluding carboxylic acids is 1. The van der Waals surface area contributed by atoms with Gasteiger partial charge in [-0.1, -0.05) is 60.7 Å². The van der Waals surface area contributed by atoms with Crippen LogP contribution in [0, 0.1) is 0 Å². The molecule has 3 heteroatoms. The molecule has 0 aromatic heterocycles. The summed E-state index contributed by atoms with van der Waals surface area (Å²) in [7, 11) is 0. The Bertz CT molecular complexity index is 555. The number of rotatable bonds is 3. The lowest BCUT2D eigenvalue weighted by atomic mass is 9.69. The molecule has 2 aromatic carbocycles.